The maximum Gasteiger partial charge on any atom is 0.0779 e. The van der Waals surface area contributed by atoms with E-state index in [0.717, 1.165) is 18.5 Å². The molecule has 0 saturated heterocycles. The Hall–Kier alpha value is -0.870. The summed E-state index contributed by atoms with van der Waals surface area (Å²) in [5, 5.41) is 15.5. The van der Waals surface area contributed by atoms with Gasteiger partial charge in [0.25, 0.3) is 0 Å². The van der Waals surface area contributed by atoms with E-state index >= 15 is 0 Å². The summed E-state index contributed by atoms with van der Waals surface area (Å²) < 4.78 is 2.13. The van der Waals surface area contributed by atoms with Crippen molar-refractivity contribution in [2.75, 3.05) is 14.1 Å². The maximum absolute atomic E-state index is 10.8. The summed E-state index contributed by atoms with van der Waals surface area (Å²) in [7, 11) is 4.21. The molecule has 0 aromatic carbocycles. The van der Waals surface area contributed by atoms with Crippen LogP contribution in [0.25, 0.3) is 0 Å². The molecular formula is C17H29N3O. The fourth-order valence-electron chi connectivity index (χ4n) is 4.31. The summed E-state index contributed by atoms with van der Waals surface area (Å²) in [6.45, 7) is 0. The first-order valence-electron chi connectivity index (χ1n) is 8.51. The summed E-state index contributed by atoms with van der Waals surface area (Å²) in [5.41, 5.74) is 0.999. The van der Waals surface area contributed by atoms with Gasteiger partial charge in [-0.15, -0.1) is 0 Å². The average Bonchev–Trinajstić information content (AvgIpc) is 3.20. The fourth-order valence-corrected chi connectivity index (χ4v) is 4.31. The van der Waals surface area contributed by atoms with Gasteiger partial charge in [0.1, 0.15) is 0 Å². The number of aromatic nitrogens is 2. The smallest absolute Gasteiger partial charge is 0.0779 e. The van der Waals surface area contributed by atoms with Crippen LogP contribution in [-0.4, -0.2) is 45.5 Å². The van der Waals surface area contributed by atoms with Crippen LogP contribution in [0.3, 0.4) is 0 Å². The van der Waals surface area contributed by atoms with Crippen LogP contribution in [0.2, 0.25) is 0 Å². The largest absolute Gasteiger partial charge is 0.391 e. The second-order valence-electron chi connectivity index (χ2n) is 7.15. The Morgan fingerprint density at radius 1 is 1.29 bits per heavy atom. The van der Waals surface area contributed by atoms with Crippen LogP contribution >= 0.6 is 0 Å². The highest BCUT2D eigenvalue weighted by atomic mass is 16.3. The zero-order valence-electron chi connectivity index (χ0n) is 13.5. The van der Waals surface area contributed by atoms with Crippen molar-refractivity contribution < 1.29 is 5.11 Å². The molecule has 1 atom stereocenters. The molecule has 21 heavy (non-hydrogen) atoms. The van der Waals surface area contributed by atoms with Gasteiger partial charge in [0.2, 0.25) is 0 Å². The lowest BCUT2D eigenvalue weighted by atomic mass is 9.86. The minimum atomic E-state index is -0.318. The van der Waals surface area contributed by atoms with E-state index in [0.29, 0.717) is 12.5 Å². The summed E-state index contributed by atoms with van der Waals surface area (Å²) >= 11 is 0. The first kappa shape index (κ1) is 15.0. The van der Waals surface area contributed by atoms with E-state index in [2.05, 4.69) is 35.9 Å². The summed E-state index contributed by atoms with van der Waals surface area (Å²) in [4.78, 5) is 2.23. The van der Waals surface area contributed by atoms with Crippen molar-refractivity contribution in [1.82, 2.24) is 14.7 Å². The van der Waals surface area contributed by atoms with Crippen LogP contribution < -0.4 is 0 Å². The highest BCUT2D eigenvalue weighted by Gasteiger charge is 2.42. The predicted octanol–water partition coefficient (Wildman–Crippen LogP) is 2.78. The molecule has 0 spiro atoms. The molecule has 1 aromatic rings. The van der Waals surface area contributed by atoms with Gasteiger partial charge in [0, 0.05) is 18.2 Å². The number of aliphatic hydroxyl groups is 1. The topological polar surface area (TPSA) is 41.3 Å². The Bertz CT molecular complexity index is 456. The third-order valence-electron chi connectivity index (χ3n) is 5.75. The lowest BCUT2D eigenvalue weighted by Gasteiger charge is -2.40. The van der Waals surface area contributed by atoms with Crippen LogP contribution in [0.5, 0.6) is 0 Å². The molecule has 0 radical (unpaired) electrons. The molecule has 3 rings (SSSR count). The quantitative estimate of drug-likeness (QED) is 0.907. The van der Waals surface area contributed by atoms with E-state index in [1.54, 1.807) is 0 Å². The molecule has 0 amide bonds. The molecule has 1 N–H and O–H groups in total. The summed E-state index contributed by atoms with van der Waals surface area (Å²) in [5.74, 6) is 0. The number of hydrogen-bond acceptors (Lipinski definition) is 3. The molecule has 4 nitrogen and oxygen atoms in total. The third kappa shape index (κ3) is 2.88. The zero-order valence-corrected chi connectivity index (χ0v) is 13.5. The second-order valence-corrected chi connectivity index (χ2v) is 7.15. The highest BCUT2D eigenvalue weighted by Crippen LogP contribution is 2.37. The van der Waals surface area contributed by atoms with E-state index < -0.39 is 0 Å². The van der Waals surface area contributed by atoms with Crippen LogP contribution in [-0.2, 0) is 6.42 Å². The molecule has 1 aromatic heterocycles. The second kappa shape index (κ2) is 6.09. The van der Waals surface area contributed by atoms with Gasteiger partial charge in [-0.25, -0.2) is 0 Å². The fraction of sp³-hybridized carbons (Fsp3) is 0.824. The molecule has 2 aliphatic carbocycles. The van der Waals surface area contributed by atoms with Gasteiger partial charge in [0.05, 0.1) is 17.8 Å². The van der Waals surface area contributed by atoms with Crippen molar-refractivity contribution in [3.05, 3.63) is 18.0 Å². The molecular weight excluding hydrogens is 262 g/mol. The third-order valence-corrected chi connectivity index (χ3v) is 5.75. The van der Waals surface area contributed by atoms with Crippen LogP contribution in [0, 0.1) is 0 Å². The Kier molecular flexibility index (Phi) is 4.36. The maximum atomic E-state index is 10.8. The first-order chi connectivity index (χ1) is 10.1. The van der Waals surface area contributed by atoms with Crippen molar-refractivity contribution in [3.63, 3.8) is 0 Å². The van der Waals surface area contributed by atoms with E-state index in [-0.39, 0.29) is 11.6 Å². The van der Waals surface area contributed by atoms with Crippen molar-refractivity contribution in [2.24, 2.45) is 0 Å². The number of rotatable bonds is 5. The molecule has 2 saturated carbocycles. The lowest BCUT2D eigenvalue weighted by molar-refractivity contribution is -0.00312. The van der Waals surface area contributed by atoms with Gasteiger partial charge in [-0.2, -0.15) is 5.10 Å². The summed E-state index contributed by atoms with van der Waals surface area (Å²) in [6.07, 6.45) is 12.3. The van der Waals surface area contributed by atoms with E-state index in [1.165, 1.54) is 38.5 Å². The van der Waals surface area contributed by atoms with Crippen LogP contribution in [0.4, 0.5) is 0 Å². The lowest BCUT2D eigenvalue weighted by Crippen LogP contribution is -2.52. The van der Waals surface area contributed by atoms with Gasteiger partial charge in [-0.05, 0) is 45.8 Å². The standard InChI is InChI=1S/C17H29N3O/c1-19(2)17(10-5-6-11-17)16(21)13-14-9-12-20(18-14)15-7-3-4-8-15/h9,12,15-16,21H,3-8,10-11,13H2,1-2H3. The highest BCUT2D eigenvalue weighted by molar-refractivity contribution is 5.07. The Labute approximate surface area is 128 Å². The number of hydrogen-bond donors (Lipinski definition) is 1. The van der Waals surface area contributed by atoms with Crippen LogP contribution in [0.1, 0.15) is 63.1 Å². The minimum Gasteiger partial charge on any atom is -0.391 e. The number of likely N-dealkylation sites (N-methyl/N-ethyl adjacent to an activating group) is 1. The van der Waals surface area contributed by atoms with Crippen molar-refractivity contribution >= 4 is 0 Å². The van der Waals surface area contributed by atoms with Crippen molar-refractivity contribution in [1.29, 1.82) is 0 Å². The predicted molar refractivity (Wildman–Crippen MR) is 84.3 cm³/mol. The Morgan fingerprint density at radius 3 is 2.57 bits per heavy atom. The van der Waals surface area contributed by atoms with Crippen molar-refractivity contribution in [2.45, 2.75) is 75.5 Å². The van der Waals surface area contributed by atoms with Gasteiger partial charge >= 0.3 is 0 Å². The normalized spacial score (nSPS) is 24.0. The molecule has 1 heterocycles. The SMILES string of the molecule is CN(C)C1(C(O)Cc2ccn(C3CCCC3)n2)CCCC1. The summed E-state index contributed by atoms with van der Waals surface area (Å²) in [6, 6.07) is 2.69. The molecule has 0 aliphatic heterocycles. The van der Waals surface area contributed by atoms with Gasteiger partial charge in [0.15, 0.2) is 0 Å². The number of aliphatic hydroxyl groups excluding tert-OH is 1. The van der Waals surface area contributed by atoms with Gasteiger partial charge in [-0.1, -0.05) is 25.7 Å². The van der Waals surface area contributed by atoms with Crippen molar-refractivity contribution in [3.8, 4) is 0 Å². The molecule has 0 bridgehead atoms. The molecule has 2 aliphatic rings. The van der Waals surface area contributed by atoms with Gasteiger partial charge < -0.3 is 10.0 Å². The monoisotopic (exact) mass is 291 g/mol. The Morgan fingerprint density at radius 2 is 1.95 bits per heavy atom. The first-order valence-corrected chi connectivity index (χ1v) is 8.51. The minimum absolute atomic E-state index is 0.0445. The van der Waals surface area contributed by atoms with E-state index in [9.17, 15) is 5.11 Å². The molecule has 4 heteroatoms. The van der Waals surface area contributed by atoms with Crippen LogP contribution in [0.15, 0.2) is 12.3 Å². The molecule has 118 valence electrons. The average molecular weight is 291 g/mol. The Balaban J connectivity index is 1.68. The van der Waals surface area contributed by atoms with E-state index in [4.69, 9.17) is 5.10 Å². The molecule has 2 fully saturated rings. The number of nitrogens with zero attached hydrogens (tertiary/aromatic N) is 3. The zero-order chi connectivity index (χ0) is 14.9. The molecule has 1 unspecified atom stereocenters. The van der Waals surface area contributed by atoms with Gasteiger partial charge in [-0.3, -0.25) is 4.68 Å². The van der Waals surface area contributed by atoms with E-state index in [1.807, 2.05) is 0 Å².